The maximum absolute atomic E-state index is 13.9. The van der Waals surface area contributed by atoms with Gasteiger partial charge in [0, 0.05) is 28.1 Å². The highest BCUT2D eigenvalue weighted by Crippen LogP contribution is 2.30. The van der Waals surface area contributed by atoms with Crippen LogP contribution in [0, 0.1) is 5.82 Å². The molecule has 2 rings (SSSR count). The van der Waals surface area contributed by atoms with Crippen LogP contribution in [0.25, 0.3) is 0 Å². The standard InChI is InChI=1S/C12H15BrFNO2S2/c1-8-6-15(7-9(2)18-8)19(16,17)12-4-3-10(13)5-11(12)14/h3-5,8-9H,6-7H2,1-2H3. The smallest absolute Gasteiger partial charge is 0.207 e. The summed E-state index contributed by atoms with van der Waals surface area (Å²) in [5.74, 6) is -0.715. The van der Waals surface area contributed by atoms with Crippen molar-refractivity contribution in [2.75, 3.05) is 13.1 Å². The number of thioether (sulfide) groups is 1. The fourth-order valence-corrected chi connectivity index (χ4v) is 5.66. The average Bonchev–Trinajstić information content (AvgIpc) is 2.26. The molecule has 1 aromatic rings. The van der Waals surface area contributed by atoms with Crippen molar-refractivity contribution < 1.29 is 12.8 Å². The van der Waals surface area contributed by atoms with Crippen molar-refractivity contribution >= 4 is 37.7 Å². The SMILES string of the molecule is CC1CN(S(=O)(=O)c2ccc(Br)cc2F)CC(C)S1. The zero-order chi connectivity index (χ0) is 14.2. The summed E-state index contributed by atoms with van der Waals surface area (Å²) in [7, 11) is -3.75. The molecule has 2 unspecified atom stereocenters. The second kappa shape index (κ2) is 5.71. The molecular weight excluding hydrogens is 353 g/mol. The van der Waals surface area contributed by atoms with Crippen LogP contribution in [-0.2, 0) is 10.0 Å². The molecule has 0 radical (unpaired) electrons. The summed E-state index contributed by atoms with van der Waals surface area (Å²) in [6, 6.07) is 4.03. The van der Waals surface area contributed by atoms with Crippen molar-refractivity contribution in [1.29, 1.82) is 0 Å². The van der Waals surface area contributed by atoms with E-state index in [9.17, 15) is 12.8 Å². The lowest BCUT2D eigenvalue weighted by atomic mass is 10.3. The van der Waals surface area contributed by atoms with E-state index in [4.69, 9.17) is 0 Å². The Morgan fingerprint density at radius 1 is 1.32 bits per heavy atom. The molecule has 1 aromatic carbocycles. The van der Waals surface area contributed by atoms with Crippen molar-refractivity contribution in [2.45, 2.75) is 29.2 Å². The predicted molar refractivity (Wildman–Crippen MR) is 79.4 cm³/mol. The van der Waals surface area contributed by atoms with Crippen molar-refractivity contribution in [3.8, 4) is 0 Å². The van der Waals surface area contributed by atoms with Crippen LogP contribution in [-0.4, -0.2) is 36.3 Å². The lowest BCUT2D eigenvalue weighted by Gasteiger charge is -2.33. The molecular formula is C12H15BrFNO2S2. The fraction of sp³-hybridized carbons (Fsp3) is 0.500. The summed E-state index contributed by atoms with van der Waals surface area (Å²) in [5.41, 5.74) is 0. The third-order valence-electron chi connectivity index (χ3n) is 2.90. The molecule has 1 fully saturated rings. The monoisotopic (exact) mass is 367 g/mol. The van der Waals surface area contributed by atoms with E-state index < -0.39 is 15.8 Å². The van der Waals surface area contributed by atoms with E-state index in [-0.39, 0.29) is 15.4 Å². The van der Waals surface area contributed by atoms with Crippen LogP contribution < -0.4 is 0 Å². The number of halogens is 2. The highest BCUT2D eigenvalue weighted by molar-refractivity contribution is 9.10. The van der Waals surface area contributed by atoms with Gasteiger partial charge in [-0.05, 0) is 18.2 Å². The van der Waals surface area contributed by atoms with Gasteiger partial charge in [-0.25, -0.2) is 12.8 Å². The molecule has 106 valence electrons. The fourth-order valence-electron chi connectivity index (χ4n) is 2.15. The van der Waals surface area contributed by atoms with Gasteiger partial charge in [-0.1, -0.05) is 29.8 Å². The highest BCUT2D eigenvalue weighted by atomic mass is 79.9. The molecule has 7 heteroatoms. The topological polar surface area (TPSA) is 37.4 Å². The minimum absolute atomic E-state index is 0.219. The Balaban J connectivity index is 2.36. The molecule has 1 heterocycles. The summed E-state index contributed by atoms with van der Waals surface area (Å²) >= 11 is 4.88. The molecule has 1 aliphatic rings. The number of sulfonamides is 1. The van der Waals surface area contributed by atoms with E-state index in [1.54, 1.807) is 17.8 Å². The van der Waals surface area contributed by atoms with Crippen molar-refractivity contribution in [3.05, 3.63) is 28.5 Å². The normalized spacial score (nSPS) is 25.5. The van der Waals surface area contributed by atoms with Crippen molar-refractivity contribution in [2.24, 2.45) is 0 Å². The van der Waals surface area contributed by atoms with Crippen LogP contribution in [0.1, 0.15) is 13.8 Å². The summed E-state index contributed by atoms with van der Waals surface area (Å²) in [4.78, 5) is -0.248. The Kier molecular flexibility index (Phi) is 4.59. The van der Waals surface area contributed by atoms with Gasteiger partial charge < -0.3 is 0 Å². The van der Waals surface area contributed by atoms with Gasteiger partial charge in [-0.2, -0.15) is 16.1 Å². The average molecular weight is 368 g/mol. The van der Waals surface area contributed by atoms with Crippen LogP contribution in [0.15, 0.2) is 27.6 Å². The molecule has 1 saturated heterocycles. The van der Waals surface area contributed by atoms with Gasteiger partial charge in [-0.15, -0.1) is 0 Å². The van der Waals surface area contributed by atoms with E-state index in [1.165, 1.54) is 16.4 Å². The van der Waals surface area contributed by atoms with E-state index in [0.29, 0.717) is 17.6 Å². The predicted octanol–water partition coefficient (Wildman–Crippen LogP) is 3.10. The van der Waals surface area contributed by atoms with Gasteiger partial charge in [0.1, 0.15) is 10.7 Å². The third kappa shape index (κ3) is 3.32. The van der Waals surface area contributed by atoms with Crippen LogP contribution in [0.3, 0.4) is 0 Å². The molecule has 19 heavy (non-hydrogen) atoms. The largest absolute Gasteiger partial charge is 0.246 e. The Morgan fingerprint density at radius 2 is 1.89 bits per heavy atom. The summed E-state index contributed by atoms with van der Waals surface area (Å²) in [6.07, 6.45) is 0. The molecule has 0 N–H and O–H groups in total. The first-order valence-corrected chi connectivity index (χ1v) is 9.09. The van der Waals surface area contributed by atoms with Crippen LogP contribution in [0.2, 0.25) is 0 Å². The molecule has 0 bridgehead atoms. The first-order chi connectivity index (χ1) is 8.80. The summed E-state index contributed by atoms with van der Waals surface area (Å²) in [5, 5.41) is 0.439. The summed E-state index contributed by atoms with van der Waals surface area (Å²) in [6.45, 7) is 4.82. The van der Waals surface area contributed by atoms with Crippen LogP contribution in [0.5, 0.6) is 0 Å². The molecule has 0 aromatic heterocycles. The quantitative estimate of drug-likeness (QED) is 0.805. The zero-order valence-electron chi connectivity index (χ0n) is 10.6. The lowest BCUT2D eigenvalue weighted by molar-refractivity contribution is 0.401. The Morgan fingerprint density at radius 3 is 2.42 bits per heavy atom. The number of benzene rings is 1. The number of hydrogen-bond acceptors (Lipinski definition) is 3. The van der Waals surface area contributed by atoms with Crippen molar-refractivity contribution in [3.63, 3.8) is 0 Å². The van der Waals surface area contributed by atoms with Gasteiger partial charge in [0.2, 0.25) is 10.0 Å². The third-order valence-corrected chi connectivity index (χ3v) is 6.48. The summed E-state index contributed by atoms with van der Waals surface area (Å²) < 4.78 is 40.7. The maximum Gasteiger partial charge on any atom is 0.246 e. The van der Waals surface area contributed by atoms with E-state index in [0.717, 1.165) is 0 Å². The Labute approximate surface area is 125 Å². The van der Waals surface area contributed by atoms with Gasteiger partial charge in [0.05, 0.1) is 0 Å². The van der Waals surface area contributed by atoms with Crippen LogP contribution in [0.4, 0.5) is 4.39 Å². The number of rotatable bonds is 2. The molecule has 0 spiro atoms. The molecule has 0 amide bonds. The molecule has 1 aliphatic heterocycles. The molecule has 2 atom stereocenters. The lowest BCUT2D eigenvalue weighted by Crippen LogP contribution is -2.44. The maximum atomic E-state index is 13.9. The minimum Gasteiger partial charge on any atom is -0.207 e. The van der Waals surface area contributed by atoms with E-state index in [2.05, 4.69) is 15.9 Å². The second-order valence-corrected chi connectivity index (χ2v) is 9.36. The Hall–Kier alpha value is -0.110. The molecule has 0 saturated carbocycles. The van der Waals surface area contributed by atoms with Crippen LogP contribution >= 0.6 is 27.7 Å². The zero-order valence-corrected chi connectivity index (χ0v) is 13.9. The second-order valence-electron chi connectivity index (χ2n) is 4.65. The number of nitrogens with zero attached hydrogens (tertiary/aromatic N) is 1. The minimum atomic E-state index is -3.75. The van der Waals surface area contributed by atoms with E-state index in [1.807, 2.05) is 13.8 Å². The van der Waals surface area contributed by atoms with Gasteiger partial charge in [0.25, 0.3) is 0 Å². The van der Waals surface area contributed by atoms with Gasteiger partial charge in [-0.3, -0.25) is 0 Å². The van der Waals surface area contributed by atoms with Gasteiger partial charge >= 0.3 is 0 Å². The molecule has 3 nitrogen and oxygen atoms in total. The van der Waals surface area contributed by atoms with E-state index >= 15 is 0 Å². The Bertz CT molecular complexity index is 569. The van der Waals surface area contributed by atoms with Crippen molar-refractivity contribution in [1.82, 2.24) is 4.31 Å². The highest BCUT2D eigenvalue weighted by Gasteiger charge is 2.33. The first-order valence-electron chi connectivity index (χ1n) is 5.91. The first kappa shape index (κ1) is 15.3. The number of hydrogen-bond donors (Lipinski definition) is 0. The molecule has 0 aliphatic carbocycles. The van der Waals surface area contributed by atoms with Gasteiger partial charge in [0.15, 0.2) is 0 Å².